The molecule has 1 N–H and O–H groups in total. The Kier molecular flexibility index (Phi) is 5.14. The van der Waals surface area contributed by atoms with E-state index in [4.69, 9.17) is 4.74 Å². The van der Waals surface area contributed by atoms with Crippen molar-refractivity contribution in [2.45, 2.75) is 25.8 Å². The molecule has 1 aromatic rings. The van der Waals surface area contributed by atoms with Crippen LogP contribution in [0.4, 0.5) is 4.39 Å². The summed E-state index contributed by atoms with van der Waals surface area (Å²) >= 11 is 3.34. The Morgan fingerprint density at radius 2 is 2.17 bits per heavy atom. The molecular formula is C13H17BrFNO2. The third kappa shape index (κ3) is 3.98. The maximum absolute atomic E-state index is 13.2. The third-order valence-corrected chi connectivity index (χ3v) is 2.98. The van der Waals surface area contributed by atoms with Crippen LogP contribution in [0.1, 0.15) is 30.6 Å². The topological polar surface area (TPSA) is 38.3 Å². The molecular weight excluding hydrogens is 301 g/mol. The van der Waals surface area contributed by atoms with Gasteiger partial charge in [-0.3, -0.25) is 4.79 Å². The average Bonchev–Trinajstić information content (AvgIpc) is 2.28. The van der Waals surface area contributed by atoms with E-state index in [1.807, 2.05) is 13.8 Å². The zero-order valence-corrected chi connectivity index (χ0v) is 12.3. The molecule has 1 aromatic carbocycles. The number of hydrogen-bond acceptors (Lipinski definition) is 2. The average molecular weight is 318 g/mol. The molecule has 0 unspecified atom stereocenters. The second-order valence-corrected chi connectivity index (χ2v) is 5.42. The van der Waals surface area contributed by atoms with E-state index in [9.17, 15) is 9.18 Å². The van der Waals surface area contributed by atoms with Crippen molar-refractivity contribution >= 4 is 21.8 Å². The quantitative estimate of drug-likeness (QED) is 0.847. The minimum atomic E-state index is -0.478. The van der Waals surface area contributed by atoms with Crippen LogP contribution in [0.2, 0.25) is 0 Å². The van der Waals surface area contributed by atoms with Gasteiger partial charge in [0, 0.05) is 16.4 Å². The highest BCUT2D eigenvalue weighted by atomic mass is 79.9. The van der Waals surface area contributed by atoms with Gasteiger partial charge >= 0.3 is 0 Å². The highest BCUT2D eigenvalue weighted by Crippen LogP contribution is 2.19. The van der Waals surface area contributed by atoms with Crippen molar-refractivity contribution in [3.63, 3.8) is 0 Å². The summed E-state index contributed by atoms with van der Waals surface area (Å²) in [7, 11) is 1.37. The molecule has 0 radical (unpaired) electrons. The summed E-state index contributed by atoms with van der Waals surface area (Å²) in [5, 5.41) is 3.70. The Hall–Kier alpha value is -1.10. The van der Waals surface area contributed by atoms with E-state index in [1.54, 1.807) is 0 Å². The monoisotopic (exact) mass is 317 g/mol. The van der Waals surface area contributed by atoms with Crippen LogP contribution < -0.4 is 10.1 Å². The molecule has 0 saturated carbocycles. The van der Waals surface area contributed by atoms with Gasteiger partial charge in [-0.2, -0.15) is 0 Å². The van der Waals surface area contributed by atoms with E-state index in [-0.39, 0.29) is 17.2 Å². The summed E-state index contributed by atoms with van der Waals surface area (Å²) in [6, 6.07) is 4.07. The molecule has 0 aliphatic rings. The lowest BCUT2D eigenvalue weighted by Gasteiger charge is -2.25. The van der Waals surface area contributed by atoms with Crippen LogP contribution >= 0.6 is 15.9 Å². The van der Waals surface area contributed by atoms with Crippen molar-refractivity contribution in [3.05, 3.63) is 29.6 Å². The van der Waals surface area contributed by atoms with Crippen molar-refractivity contribution in [1.29, 1.82) is 0 Å². The zero-order valence-electron chi connectivity index (χ0n) is 10.7. The zero-order chi connectivity index (χ0) is 13.8. The van der Waals surface area contributed by atoms with E-state index in [0.717, 1.165) is 11.8 Å². The standard InChI is InChI=1S/C13H17BrFNO2/c1-13(2,6-7-14)16-12(17)9-4-5-10(15)11(8-9)18-3/h4-5,8H,6-7H2,1-3H3,(H,16,17). The first-order valence-corrected chi connectivity index (χ1v) is 6.74. The largest absolute Gasteiger partial charge is 0.494 e. The van der Waals surface area contributed by atoms with Crippen molar-refractivity contribution < 1.29 is 13.9 Å². The predicted molar refractivity (Wildman–Crippen MR) is 72.9 cm³/mol. The minimum absolute atomic E-state index is 0.0703. The molecule has 1 amide bonds. The Labute approximate surface area is 115 Å². The van der Waals surface area contributed by atoms with Crippen molar-refractivity contribution in [2.75, 3.05) is 12.4 Å². The third-order valence-electron chi connectivity index (χ3n) is 2.58. The molecule has 18 heavy (non-hydrogen) atoms. The smallest absolute Gasteiger partial charge is 0.251 e. The Morgan fingerprint density at radius 3 is 2.72 bits per heavy atom. The number of ether oxygens (including phenoxy) is 1. The van der Waals surface area contributed by atoms with Gasteiger partial charge in [-0.15, -0.1) is 0 Å². The minimum Gasteiger partial charge on any atom is -0.494 e. The molecule has 0 aromatic heterocycles. The molecule has 0 heterocycles. The number of methoxy groups -OCH3 is 1. The number of rotatable bonds is 5. The highest BCUT2D eigenvalue weighted by Gasteiger charge is 2.21. The van der Waals surface area contributed by atoms with Gasteiger partial charge in [0.15, 0.2) is 11.6 Å². The Bertz CT molecular complexity index is 435. The van der Waals surface area contributed by atoms with E-state index >= 15 is 0 Å². The maximum Gasteiger partial charge on any atom is 0.251 e. The van der Waals surface area contributed by atoms with Gasteiger partial charge in [-0.1, -0.05) is 15.9 Å². The van der Waals surface area contributed by atoms with Crippen LogP contribution in [0, 0.1) is 5.82 Å². The Balaban J connectivity index is 2.85. The summed E-state index contributed by atoms with van der Waals surface area (Å²) in [5.41, 5.74) is 0.0678. The van der Waals surface area contributed by atoms with Gasteiger partial charge in [-0.25, -0.2) is 4.39 Å². The van der Waals surface area contributed by atoms with Crippen molar-refractivity contribution in [1.82, 2.24) is 5.32 Å². The first-order chi connectivity index (χ1) is 8.39. The molecule has 0 fully saturated rings. The maximum atomic E-state index is 13.2. The lowest BCUT2D eigenvalue weighted by atomic mass is 10.0. The van der Waals surface area contributed by atoms with Crippen molar-refractivity contribution in [3.8, 4) is 5.75 Å². The molecule has 1 rings (SSSR count). The lowest BCUT2D eigenvalue weighted by Crippen LogP contribution is -2.43. The fourth-order valence-electron chi connectivity index (χ4n) is 1.48. The SMILES string of the molecule is COc1cc(C(=O)NC(C)(C)CCBr)ccc1F. The highest BCUT2D eigenvalue weighted by molar-refractivity contribution is 9.09. The molecule has 100 valence electrons. The van der Waals surface area contributed by atoms with Crippen LogP contribution in [0.15, 0.2) is 18.2 Å². The molecule has 0 atom stereocenters. The van der Waals surface area contributed by atoms with Gasteiger partial charge < -0.3 is 10.1 Å². The van der Waals surface area contributed by atoms with Crippen LogP contribution in [-0.2, 0) is 0 Å². The van der Waals surface area contributed by atoms with Gasteiger partial charge in [0.05, 0.1) is 7.11 Å². The first-order valence-electron chi connectivity index (χ1n) is 5.61. The first kappa shape index (κ1) is 15.0. The van der Waals surface area contributed by atoms with Gasteiger partial charge in [-0.05, 0) is 38.5 Å². The van der Waals surface area contributed by atoms with Gasteiger partial charge in [0.25, 0.3) is 5.91 Å². The molecule has 5 heteroatoms. The predicted octanol–water partition coefficient (Wildman–Crippen LogP) is 3.13. The number of amides is 1. The molecule has 0 bridgehead atoms. The van der Waals surface area contributed by atoms with Crippen molar-refractivity contribution in [2.24, 2.45) is 0 Å². The van der Waals surface area contributed by atoms with Gasteiger partial charge in [0.1, 0.15) is 0 Å². The normalized spacial score (nSPS) is 11.2. The summed E-state index contributed by atoms with van der Waals surface area (Å²) in [6.07, 6.45) is 0.803. The number of nitrogens with one attached hydrogen (secondary N) is 1. The van der Waals surface area contributed by atoms with Crippen LogP contribution in [0.25, 0.3) is 0 Å². The lowest BCUT2D eigenvalue weighted by molar-refractivity contribution is 0.0911. The number of halogens is 2. The van der Waals surface area contributed by atoms with Gasteiger partial charge in [0.2, 0.25) is 0 Å². The summed E-state index contributed by atoms with van der Waals surface area (Å²) in [6.45, 7) is 3.87. The molecule has 0 saturated heterocycles. The van der Waals surface area contributed by atoms with E-state index in [2.05, 4.69) is 21.2 Å². The van der Waals surface area contributed by atoms with E-state index in [1.165, 1.54) is 25.3 Å². The molecule has 0 spiro atoms. The molecule has 0 aliphatic heterocycles. The summed E-state index contributed by atoms with van der Waals surface area (Å²) < 4.78 is 18.1. The molecule has 0 aliphatic carbocycles. The fourth-order valence-corrected chi connectivity index (χ4v) is 2.47. The number of alkyl halides is 1. The summed E-state index contributed by atoms with van der Waals surface area (Å²) in [5.74, 6) is -0.644. The Morgan fingerprint density at radius 1 is 1.50 bits per heavy atom. The number of benzene rings is 1. The second kappa shape index (κ2) is 6.18. The van der Waals surface area contributed by atoms with E-state index in [0.29, 0.717) is 5.56 Å². The number of carbonyl (C=O) groups excluding carboxylic acids is 1. The number of hydrogen-bond donors (Lipinski definition) is 1. The van der Waals surface area contributed by atoms with Crippen LogP contribution in [-0.4, -0.2) is 23.9 Å². The van der Waals surface area contributed by atoms with Crippen LogP contribution in [0.5, 0.6) is 5.75 Å². The summed E-state index contributed by atoms with van der Waals surface area (Å²) in [4.78, 5) is 12.0. The fraction of sp³-hybridized carbons (Fsp3) is 0.462. The van der Waals surface area contributed by atoms with E-state index < -0.39 is 5.82 Å². The number of carbonyl (C=O) groups is 1. The van der Waals surface area contributed by atoms with Crippen LogP contribution in [0.3, 0.4) is 0 Å². The second-order valence-electron chi connectivity index (χ2n) is 4.63. The molecule has 3 nitrogen and oxygen atoms in total.